The molecule has 0 bridgehead atoms. The van der Waals surface area contributed by atoms with Gasteiger partial charge in [0, 0.05) is 18.3 Å². The molecule has 1 unspecified atom stereocenters. The van der Waals surface area contributed by atoms with Gasteiger partial charge in [-0.1, -0.05) is 48.5 Å². The Hall–Kier alpha value is -2.13. The average Bonchev–Trinajstić information content (AvgIpc) is 2.83. The molecule has 3 heteroatoms. The van der Waals surface area contributed by atoms with Crippen molar-refractivity contribution in [3.05, 3.63) is 65.7 Å². The zero-order valence-corrected chi connectivity index (χ0v) is 13.2. The SMILES string of the molecule is CC1Cc2ccccc2N1C(=O)CN(C)Cc1ccccc1. The zero-order chi connectivity index (χ0) is 15.5. The third-order valence-corrected chi connectivity index (χ3v) is 4.18. The lowest BCUT2D eigenvalue weighted by atomic mass is 10.1. The Kier molecular flexibility index (Phi) is 4.25. The highest BCUT2D eigenvalue weighted by Crippen LogP contribution is 2.31. The molecule has 2 aromatic rings. The minimum Gasteiger partial charge on any atom is -0.308 e. The predicted octanol–water partition coefficient (Wildman–Crippen LogP) is 3.10. The summed E-state index contributed by atoms with van der Waals surface area (Å²) in [5.74, 6) is 0.177. The molecule has 0 fully saturated rings. The first kappa shape index (κ1) is 14.8. The Labute approximate surface area is 132 Å². The molecule has 1 atom stereocenters. The molecule has 1 amide bonds. The van der Waals surface area contributed by atoms with Crippen molar-refractivity contribution in [3.8, 4) is 0 Å². The molecule has 0 saturated heterocycles. The molecular weight excluding hydrogens is 272 g/mol. The lowest BCUT2D eigenvalue weighted by Crippen LogP contribution is -2.41. The number of nitrogens with zero attached hydrogens (tertiary/aromatic N) is 2. The van der Waals surface area contributed by atoms with Crippen LogP contribution in [0.4, 0.5) is 5.69 Å². The number of hydrogen-bond donors (Lipinski definition) is 0. The summed E-state index contributed by atoms with van der Waals surface area (Å²) in [6.45, 7) is 3.35. The van der Waals surface area contributed by atoms with E-state index in [4.69, 9.17) is 0 Å². The van der Waals surface area contributed by atoms with Crippen LogP contribution in [-0.4, -0.2) is 30.4 Å². The van der Waals surface area contributed by atoms with Crippen LogP contribution >= 0.6 is 0 Å². The van der Waals surface area contributed by atoms with Gasteiger partial charge in [-0.05, 0) is 37.6 Å². The van der Waals surface area contributed by atoms with Crippen LogP contribution in [-0.2, 0) is 17.8 Å². The standard InChI is InChI=1S/C19H22N2O/c1-15-12-17-10-6-7-11-18(17)21(15)19(22)14-20(2)13-16-8-4-3-5-9-16/h3-11,15H,12-14H2,1-2H3. The van der Waals surface area contributed by atoms with Crippen LogP contribution in [0.5, 0.6) is 0 Å². The molecule has 3 nitrogen and oxygen atoms in total. The molecule has 1 aliphatic heterocycles. The number of anilines is 1. The average molecular weight is 294 g/mol. The van der Waals surface area contributed by atoms with Gasteiger partial charge in [-0.15, -0.1) is 0 Å². The molecule has 2 aromatic carbocycles. The van der Waals surface area contributed by atoms with E-state index in [1.807, 2.05) is 48.3 Å². The number of hydrogen-bond acceptors (Lipinski definition) is 2. The van der Waals surface area contributed by atoms with Gasteiger partial charge in [0.1, 0.15) is 0 Å². The van der Waals surface area contributed by atoms with Crippen LogP contribution in [0.1, 0.15) is 18.1 Å². The Balaban J connectivity index is 1.67. The number of benzene rings is 2. The van der Waals surface area contributed by atoms with E-state index in [-0.39, 0.29) is 11.9 Å². The number of rotatable bonds is 4. The topological polar surface area (TPSA) is 23.6 Å². The normalized spacial score (nSPS) is 16.9. The van der Waals surface area contributed by atoms with Crippen molar-refractivity contribution in [2.45, 2.75) is 25.9 Å². The molecule has 0 radical (unpaired) electrons. The number of likely N-dealkylation sites (N-methyl/N-ethyl adjacent to an activating group) is 1. The van der Waals surface area contributed by atoms with Crippen molar-refractivity contribution < 1.29 is 4.79 Å². The first-order chi connectivity index (χ1) is 10.6. The summed E-state index contributed by atoms with van der Waals surface area (Å²) in [4.78, 5) is 16.7. The summed E-state index contributed by atoms with van der Waals surface area (Å²) in [7, 11) is 2.00. The summed E-state index contributed by atoms with van der Waals surface area (Å²) < 4.78 is 0. The van der Waals surface area contributed by atoms with Gasteiger partial charge in [0.25, 0.3) is 0 Å². The quantitative estimate of drug-likeness (QED) is 0.865. The fourth-order valence-corrected chi connectivity index (χ4v) is 3.20. The van der Waals surface area contributed by atoms with Gasteiger partial charge in [-0.2, -0.15) is 0 Å². The van der Waals surface area contributed by atoms with Gasteiger partial charge in [0.15, 0.2) is 0 Å². The zero-order valence-electron chi connectivity index (χ0n) is 13.2. The van der Waals surface area contributed by atoms with E-state index in [9.17, 15) is 4.79 Å². The van der Waals surface area contributed by atoms with Gasteiger partial charge in [-0.3, -0.25) is 9.69 Å². The maximum absolute atomic E-state index is 12.7. The monoisotopic (exact) mass is 294 g/mol. The highest BCUT2D eigenvalue weighted by molar-refractivity contribution is 5.97. The fraction of sp³-hybridized carbons (Fsp3) is 0.316. The molecular formula is C19H22N2O. The number of amides is 1. The van der Waals surface area contributed by atoms with E-state index >= 15 is 0 Å². The van der Waals surface area contributed by atoms with Crippen molar-refractivity contribution in [2.24, 2.45) is 0 Å². The molecule has 0 N–H and O–H groups in total. The van der Waals surface area contributed by atoms with Gasteiger partial charge >= 0.3 is 0 Å². The number of carbonyl (C=O) groups is 1. The summed E-state index contributed by atoms with van der Waals surface area (Å²) in [6, 6.07) is 18.7. The lowest BCUT2D eigenvalue weighted by Gasteiger charge is -2.25. The Morgan fingerprint density at radius 1 is 1.14 bits per heavy atom. The van der Waals surface area contributed by atoms with Crippen molar-refractivity contribution in [1.29, 1.82) is 0 Å². The lowest BCUT2D eigenvalue weighted by molar-refractivity contribution is -0.119. The second-order valence-electron chi connectivity index (χ2n) is 6.10. The first-order valence-corrected chi connectivity index (χ1v) is 7.77. The van der Waals surface area contributed by atoms with E-state index in [2.05, 4.69) is 30.0 Å². The molecule has 22 heavy (non-hydrogen) atoms. The highest BCUT2D eigenvalue weighted by atomic mass is 16.2. The Bertz CT molecular complexity index is 653. The van der Waals surface area contributed by atoms with E-state index in [1.165, 1.54) is 11.1 Å². The predicted molar refractivity (Wildman–Crippen MR) is 89.9 cm³/mol. The molecule has 0 aromatic heterocycles. The number of fused-ring (bicyclic) bond motifs is 1. The third-order valence-electron chi connectivity index (χ3n) is 4.18. The van der Waals surface area contributed by atoms with Crippen molar-refractivity contribution in [1.82, 2.24) is 4.90 Å². The molecule has 1 aliphatic rings. The molecule has 0 saturated carbocycles. The maximum atomic E-state index is 12.7. The van der Waals surface area contributed by atoms with Crippen LogP contribution in [0, 0.1) is 0 Å². The van der Waals surface area contributed by atoms with Gasteiger partial charge in [0.05, 0.1) is 6.54 Å². The van der Waals surface area contributed by atoms with Gasteiger partial charge in [0.2, 0.25) is 5.91 Å². The van der Waals surface area contributed by atoms with E-state index in [0.717, 1.165) is 18.7 Å². The second-order valence-corrected chi connectivity index (χ2v) is 6.10. The van der Waals surface area contributed by atoms with Crippen LogP contribution in [0.3, 0.4) is 0 Å². The second kappa shape index (κ2) is 6.32. The van der Waals surface area contributed by atoms with E-state index < -0.39 is 0 Å². The first-order valence-electron chi connectivity index (χ1n) is 7.77. The Morgan fingerprint density at radius 3 is 2.59 bits per heavy atom. The Morgan fingerprint density at radius 2 is 1.82 bits per heavy atom. The van der Waals surface area contributed by atoms with Crippen molar-refractivity contribution in [2.75, 3.05) is 18.5 Å². The van der Waals surface area contributed by atoms with E-state index in [0.29, 0.717) is 6.54 Å². The molecule has 0 spiro atoms. The molecule has 1 heterocycles. The van der Waals surface area contributed by atoms with Crippen molar-refractivity contribution >= 4 is 11.6 Å². The molecule has 3 rings (SSSR count). The molecule has 114 valence electrons. The highest BCUT2D eigenvalue weighted by Gasteiger charge is 2.30. The smallest absolute Gasteiger partial charge is 0.241 e. The minimum atomic E-state index is 0.177. The van der Waals surface area contributed by atoms with Crippen LogP contribution < -0.4 is 4.90 Å². The number of carbonyl (C=O) groups excluding carboxylic acids is 1. The van der Waals surface area contributed by atoms with E-state index in [1.54, 1.807) is 0 Å². The summed E-state index contributed by atoms with van der Waals surface area (Å²) >= 11 is 0. The third kappa shape index (κ3) is 3.04. The van der Waals surface area contributed by atoms with Crippen LogP contribution in [0.25, 0.3) is 0 Å². The minimum absolute atomic E-state index is 0.177. The van der Waals surface area contributed by atoms with Gasteiger partial charge < -0.3 is 4.90 Å². The number of para-hydroxylation sites is 1. The fourth-order valence-electron chi connectivity index (χ4n) is 3.20. The van der Waals surface area contributed by atoms with Crippen molar-refractivity contribution in [3.63, 3.8) is 0 Å². The summed E-state index contributed by atoms with van der Waals surface area (Å²) in [5.41, 5.74) is 3.58. The maximum Gasteiger partial charge on any atom is 0.241 e. The summed E-state index contributed by atoms with van der Waals surface area (Å²) in [5, 5.41) is 0. The van der Waals surface area contributed by atoms with Crippen LogP contribution in [0.2, 0.25) is 0 Å². The summed E-state index contributed by atoms with van der Waals surface area (Å²) in [6.07, 6.45) is 0.949. The van der Waals surface area contributed by atoms with Gasteiger partial charge in [-0.25, -0.2) is 0 Å². The van der Waals surface area contributed by atoms with Crippen LogP contribution in [0.15, 0.2) is 54.6 Å². The molecule has 0 aliphatic carbocycles. The largest absolute Gasteiger partial charge is 0.308 e.